The summed E-state index contributed by atoms with van der Waals surface area (Å²) in [6.45, 7) is 1.14. The maximum Gasteiger partial charge on any atom is 0.270 e. The van der Waals surface area contributed by atoms with E-state index in [0.29, 0.717) is 30.0 Å². The van der Waals surface area contributed by atoms with Crippen LogP contribution < -0.4 is 10.6 Å². The van der Waals surface area contributed by atoms with Crippen molar-refractivity contribution in [2.75, 3.05) is 18.4 Å². The molecule has 0 fully saturated rings. The normalized spacial score (nSPS) is 13.7. The quantitative estimate of drug-likeness (QED) is 0.694. The Labute approximate surface area is 159 Å². The largest absolute Gasteiger partial charge is 0.370 e. The maximum absolute atomic E-state index is 13.6. The summed E-state index contributed by atoms with van der Waals surface area (Å²) < 4.78 is 13.6. The number of hydrogen-bond acceptors (Lipinski definition) is 4. The van der Waals surface area contributed by atoms with Crippen molar-refractivity contribution in [1.82, 2.24) is 15.3 Å². The van der Waals surface area contributed by atoms with Crippen LogP contribution in [0, 0.1) is 5.82 Å². The van der Waals surface area contributed by atoms with Crippen molar-refractivity contribution in [3.8, 4) is 0 Å². The topological polar surface area (TPSA) is 66.9 Å². The lowest BCUT2D eigenvalue weighted by Gasteiger charge is -2.13. The Balaban J connectivity index is 1.46. The van der Waals surface area contributed by atoms with E-state index < -0.39 is 0 Å². The molecule has 2 N–H and O–H groups in total. The van der Waals surface area contributed by atoms with E-state index in [-0.39, 0.29) is 11.7 Å². The molecule has 1 heterocycles. The van der Waals surface area contributed by atoms with Gasteiger partial charge in [-0.1, -0.05) is 29.8 Å². The molecule has 1 aliphatic carbocycles. The Morgan fingerprint density at radius 2 is 2.00 bits per heavy atom. The van der Waals surface area contributed by atoms with E-state index >= 15 is 0 Å². The van der Waals surface area contributed by atoms with E-state index in [1.165, 1.54) is 43.7 Å². The van der Waals surface area contributed by atoms with E-state index in [2.05, 4.69) is 26.7 Å². The number of anilines is 1. The second-order valence-electron chi connectivity index (χ2n) is 6.67. The number of carbonyl (C=O) groups is 1. The lowest BCUT2D eigenvalue weighted by atomic mass is 9.97. The summed E-state index contributed by atoms with van der Waals surface area (Å²) >= 11 is 0. The molecule has 27 heavy (non-hydrogen) atoms. The monoisotopic (exact) mass is 368 g/mol. The number of hydrogen-bond donors (Lipinski definition) is 2. The summed E-state index contributed by atoms with van der Waals surface area (Å²) in [6, 6.07) is 8.22. The van der Waals surface area contributed by atoms with Crippen molar-refractivity contribution < 1.29 is 9.18 Å². The number of benzene rings is 1. The fourth-order valence-electron chi connectivity index (χ4n) is 3.16. The predicted molar refractivity (Wildman–Crippen MR) is 104 cm³/mol. The molecule has 0 bridgehead atoms. The van der Waals surface area contributed by atoms with E-state index in [9.17, 15) is 9.18 Å². The van der Waals surface area contributed by atoms with Crippen LogP contribution in [0.1, 0.15) is 48.2 Å². The zero-order chi connectivity index (χ0) is 18.9. The molecule has 6 heteroatoms. The first-order valence-electron chi connectivity index (χ1n) is 9.48. The van der Waals surface area contributed by atoms with E-state index in [1.807, 2.05) is 0 Å². The van der Waals surface area contributed by atoms with Crippen LogP contribution in [0.2, 0.25) is 0 Å². The van der Waals surface area contributed by atoms with E-state index in [1.54, 1.807) is 24.3 Å². The molecule has 1 aliphatic rings. The minimum Gasteiger partial charge on any atom is -0.370 e. The zero-order valence-electron chi connectivity index (χ0n) is 15.4. The fraction of sp³-hybridized carbons (Fsp3) is 0.381. The minimum absolute atomic E-state index is 0.256. The standard InChI is InChI=1S/C21H25FN4O/c22-18-9-5-4-8-17(18)11-13-24-21(27)19-14-20(26-15-25-19)23-12-10-16-6-2-1-3-7-16/h4-6,8-9,14-15H,1-3,7,10-13H2,(H,24,27)(H,23,25,26). The van der Waals surface area contributed by atoms with Gasteiger partial charge in [0.2, 0.25) is 0 Å². The smallest absolute Gasteiger partial charge is 0.270 e. The molecule has 5 nitrogen and oxygen atoms in total. The van der Waals surface area contributed by atoms with E-state index in [4.69, 9.17) is 0 Å². The summed E-state index contributed by atoms with van der Waals surface area (Å²) in [5, 5.41) is 6.03. The lowest BCUT2D eigenvalue weighted by Crippen LogP contribution is -2.27. The lowest BCUT2D eigenvalue weighted by molar-refractivity contribution is 0.0949. The Bertz CT molecular complexity index is 806. The van der Waals surface area contributed by atoms with Crippen LogP contribution in [0.4, 0.5) is 10.2 Å². The summed E-state index contributed by atoms with van der Waals surface area (Å²) in [7, 11) is 0. The Kier molecular flexibility index (Phi) is 6.90. The van der Waals surface area contributed by atoms with Gasteiger partial charge in [0.15, 0.2) is 0 Å². The van der Waals surface area contributed by atoms with Gasteiger partial charge in [-0.15, -0.1) is 0 Å². The highest BCUT2D eigenvalue weighted by Crippen LogP contribution is 2.20. The van der Waals surface area contributed by atoms with Gasteiger partial charge in [-0.25, -0.2) is 14.4 Å². The molecule has 142 valence electrons. The molecule has 0 unspecified atom stereocenters. The van der Waals surface area contributed by atoms with Crippen molar-refractivity contribution in [2.24, 2.45) is 0 Å². The first kappa shape index (κ1) is 19.0. The van der Waals surface area contributed by atoms with Crippen LogP contribution in [-0.4, -0.2) is 29.0 Å². The third kappa shape index (κ3) is 5.88. The second-order valence-corrected chi connectivity index (χ2v) is 6.67. The average Bonchev–Trinajstić information content (AvgIpc) is 2.70. The third-order valence-electron chi connectivity index (χ3n) is 4.67. The van der Waals surface area contributed by atoms with Gasteiger partial charge >= 0.3 is 0 Å². The van der Waals surface area contributed by atoms with Crippen molar-refractivity contribution in [3.05, 3.63) is 65.4 Å². The van der Waals surface area contributed by atoms with Gasteiger partial charge in [0.25, 0.3) is 5.91 Å². The molecular formula is C21H25FN4O. The number of nitrogens with zero attached hydrogens (tertiary/aromatic N) is 2. The molecule has 0 saturated heterocycles. The second kappa shape index (κ2) is 9.80. The number of rotatable bonds is 8. The SMILES string of the molecule is O=C(NCCc1ccccc1F)c1cc(NCCC2=CCCCC2)ncn1. The first-order chi connectivity index (χ1) is 13.2. The number of amides is 1. The zero-order valence-corrected chi connectivity index (χ0v) is 15.4. The van der Waals surface area contributed by atoms with Gasteiger partial charge in [0, 0.05) is 19.2 Å². The molecule has 0 saturated carbocycles. The van der Waals surface area contributed by atoms with Gasteiger partial charge < -0.3 is 10.6 Å². The highest BCUT2D eigenvalue weighted by atomic mass is 19.1. The molecule has 3 rings (SSSR count). The van der Waals surface area contributed by atoms with Crippen LogP contribution in [0.5, 0.6) is 0 Å². The number of allylic oxidation sites excluding steroid dienone is 1. The summed E-state index contributed by atoms with van der Waals surface area (Å²) in [5.74, 6) is 0.0980. The molecule has 1 aromatic carbocycles. The first-order valence-corrected chi connectivity index (χ1v) is 9.48. The van der Waals surface area contributed by atoms with Gasteiger partial charge in [-0.3, -0.25) is 4.79 Å². The van der Waals surface area contributed by atoms with Gasteiger partial charge in [0.1, 0.15) is 23.7 Å². The Morgan fingerprint density at radius 3 is 2.81 bits per heavy atom. The van der Waals surface area contributed by atoms with Gasteiger partial charge in [-0.05, 0) is 50.2 Å². The molecule has 0 aliphatic heterocycles. The molecule has 0 radical (unpaired) electrons. The van der Waals surface area contributed by atoms with Crippen molar-refractivity contribution in [3.63, 3.8) is 0 Å². The summed E-state index contributed by atoms with van der Waals surface area (Å²) in [4.78, 5) is 20.5. The summed E-state index contributed by atoms with van der Waals surface area (Å²) in [6.07, 6.45) is 10.1. The molecule has 1 amide bonds. The van der Waals surface area contributed by atoms with Crippen LogP contribution in [0.25, 0.3) is 0 Å². The van der Waals surface area contributed by atoms with Crippen LogP contribution in [0.3, 0.4) is 0 Å². The van der Waals surface area contributed by atoms with E-state index in [0.717, 1.165) is 13.0 Å². The number of halogens is 1. The van der Waals surface area contributed by atoms with Gasteiger partial charge in [-0.2, -0.15) is 0 Å². The number of aromatic nitrogens is 2. The molecule has 0 spiro atoms. The minimum atomic E-state index is -0.285. The van der Waals surface area contributed by atoms with Crippen LogP contribution in [-0.2, 0) is 6.42 Å². The highest BCUT2D eigenvalue weighted by molar-refractivity contribution is 5.92. The average molecular weight is 368 g/mol. The third-order valence-corrected chi connectivity index (χ3v) is 4.67. The van der Waals surface area contributed by atoms with Gasteiger partial charge in [0.05, 0.1) is 0 Å². The van der Waals surface area contributed by atoms with Crippen LogP contribution >= 0.6 is 0 Å². The number of nitrogens with one attached hydrogen (secondary N) is 2. The predicted octanol–water partition coefficient (Wildman–Crippen LogP) is 3.89. The molecule has 1 aromatic heterocycles. The van der Waals surface area contributed by atoms with Crippen molar-refractivity contribution >= 4 is 11.7 Å². The highest BCUT2D eigenvalue weighted by Gasteiger charge is 2.09. The van der Waals surface area contributed by atoms with Crippen molar-refractivity contribution in [2.45, 2.75) is 38.5 Å². The Hall–Kier alpha value is -2.76. The summed E-state index contributed by atoms with van der Waals surface area (Å²) in [5.41, 5.74) is 2.38. The molecular weight excluding hydrogens is 343 g/mol. The maximum atomic E-state index is 13.6. The molecule has 2 aromatic rings. The Morgan fingerprint density at radius 1 is 1.11 bits per heavy atom. The van der Waals surface area contributed by atoms with Crippen LogP contribution in [0.15, 0.2) is 48.3 Å². The fourth-order valence-corrected chi connectivity index (χ4v) is 3.16. The molecule has 0 atom stereocenters. The van der Waals surface area contributed by atoms with Crippen molar-refractivity contribution in [1.29, 1.82) is 0 Å². The number of carbonyl (C=O) groups excluding carboxylic acids is 1.